The van der Waals surface area contributed by atoms with Gasteiger partial charge >= 0.3 is 0 Å². The molecule has 0 radical (unpaired) electrons. The minimum atomic E-state index is 0.251. The molecule has 2 aliphatic heterocycles. The van der Waals surface area contributed by atoms with Gasteiger partial charge in [-0.05, 0) is 60.3 Å². The Bertz CT molecular complexity index is 759. The van der Waals surface area contributed by atoms with E-state index in [1.807, 2.05) is 12.1 Å². The Balaban J connectivity index is 1.63. The molecule has 0 amide bonds. The molecule has 1 unspecified atom stereocenters. The summed E-state index contributed by atoms with van der Waals surface area (Å²) in [4.78, 5) is 0. The maximum Gasteiger partial charge on any atom is 0.231 e. The Hall–Kier alpha value is -2.40. The van der Waals surface area contributed by atoms with Crippen molar-refractivity contribution in [3.8, 4) is 23.0 Å². The summed E-state index contributed by atoms with van der Waals surface area (Å²) in [5.41, 5.74) is 3.83. The molecule has 1 N–H and O–H groups in total. The normalized spacial score (nSPS) is 18.2. The number of nitrogens with one attached hydrogen (secondary N) is 1. The highest BCUT2D eigenvalue weighted by atomic mass is 16.7. The SMILES string of the molecule is COc1ccc(CC2NCCc3cc4c(cc32)OCO4)cc1OC. The van der Waals surface area contributed by atoms with Crippen molar-refractivity contribution in [3.63, 3.8) is 0 Å². The molecule has 24 heavy (non-hydrogen) atoms. The third-order valence-corrected chi connectivity index (χ3v) is 4.68. The van der Waals surface area contributed by atoms with E-state index in [2.05, 4.69) is 23.5 Å². The molecule has 0 saturated carbocycles. The van der Waals surface area contributed by atoms with E-state index < -0.39 is 0 Å². The zero-order chi connectivity index (χ0) is 16.5. The van der Waals surface area contributed by atoms with E-state index >= 15 is 0 Å². The highest BCUT2D eigenvalue weighted by Gasteiger charge is 2.25. The van der Waals surface area contributed by atoms with Crippen LogP contribution in [0.25, 0.3) is 0 Å². The molecule has 0 bridgehead atoms. The average molecular weight is 327 g/mol. The number of hydrogen-bond donors (Lipinski definition) is 1. The Morgan fingerprint density at radius 1 is 1.04 bits per heavy atom. The summed E-state index contributed by atoms with van der Waals surface area (Å²) in [6.45, 7) is 1.27. The van der Waals surface area contributed by atoms with Gasteiger partial charge in [0.25, 0.3) is 0 Å². The first-order valence-electron chi connectivity index (χ1n) is 8.15. The van der Waals surface area contributed by atoms with Crippen molar-refractivity contribution in [2.75, 3.05) is 27.6 Å². The van der Waals surface area contributed by atoms with Gasteiger partial charge in [0.15, 0.2) is 23.0 Å². The minimum Gasteiger partial charge on any atom is -0.493 e. The Kier molecular flexibility index (Phi) is 3.94. The fourth-order valence-corrected chi connectivity index (χ4v) is 3.46. The van der Waals surface area contributed by atoms with Crippen LogP contribution in [0.3, 0.4) is 0 Å². The van der Waals surface area contributed by atoms with Crippen molar-refractivity contribution in [1.29, 1.82) is 0 Å². The van der Waals surface area contributed by atoms with Crippen molar-refractivity contribution in [2.24, 2.45) is 0 Å². The van der Waals surface area contributed by atoms with Crippen LogP contribution in [-0.2, 0) is 12.8 Å². The van der Waals surface area contributed by atoms with Crippen LogP contribution in [0.4, 0.5) is 0 Å². The van der Waals surface area contributed by atoms with Crippen molar-refractivity contribution in [3.05, 3.63) is 47.0 Å². The molecule has 1 atom stereocenters. The summed E-state index contributed by atoms with van der Waals surface area (Å²) in [6, 6.07) is 10.6. The number of methoxy groups -OCH3 is 2. The van der Waals surface area contributed by atoms with E-state index in [0.717, 1.165) is 42.4 Å². The predicted octanol–water partition coefficient (Wildman–Crippen LogP) is 2.86. The molecule has 126 valence electrons. The van der Waals surface area contributed by atoms with Crippen LogP contribution < -0.4 is 24.3 Å². The lowest BCUT2D eigenvalue weighted by molar-refractivity contribution is 0.174. The van der Waals surface area contributed by atoms with Gasteiger partial charge in [0.05, 0.1) is 14.2 Å². The Labute approximate surface area is 141 Å². The largest absolute Gasteiger partial charge is 0.493 e. The quantitative estimate of drug-likeness (QED) is 0.936. The number of fused-ring (bicyclic) bond motifs is 2. The number of ether oxygens (including phenoxy) is 4. The van der Waals surface area contributed by atoms with E-state index in [0.29, 0.717) is 6.79 Å². The summed E-state index contributed by atoms with van der Waals surface area (Å²) < 4.78 is 21.8. The molecule has 0 aromatic heterocycles. The second-order valence-corrected chi connectivity index (χ2v) is 6.05. The molecule has 2 aromatic carbocycles. The molecule has 5 nitrogen and oxygen atoms in total. The van der Waals surface area contributed by atoms with Gasteiger partial charge in [-0.1, -0.05) is 6.07 Å². The second-order valence-electron chi connectivity index (χ2n) is 6.05. The third-order valence-electron chi connectivity index (χ3n) is 4.68. The maximum atomic E-state index is 5.54. The summed E-state index contributed by atoms with van der Waals surface area (Å²) in [5.74, 6) is 3.22. The first-order valence-corrected chi connectivity index (χ1v) is 8.15. The highest BCUT2D eigenvalue weighted by Crippen LogP contribution is 2.39. The Morgan fingerprint density at radius 2 is 1.83 bits per heavy atom. The number of benzene rings is 2. The second kappa shape index (κ2) is 6.24. The van der Waals surface area contributed by atoms with Crippen LogP contribution in [0.1, 0.15) is 22.7 Å². The summed E-state index contributed by atoms with van der Waals surface area (Å²) in [7, 11) is 3.32. The monoisotopic (exact) mass is 327 g/mol. The first-order chi connectivity index (χ1) is 11.8. The molecular weight excluding hydrogens is 306 g/mol. The van der Waals surface area contributed by atoms with Crippen molar-refractivity contribution in [2.45, 2.75) is 18.9 Å². The first kappa shape index (κ1) is 15.1. The predicted molar refractivity (Wildman–Crippen MR) is 90.3 cm³/mol. The average Bonchev–Trinajstić information content (AvgIpc) is 3.07. The van der Waals surface area contributed by atoms with Crippen LogP contribution in [0.5, 0.6) is 23.0 Å². The highest BCUT2D eigenvalue weighted by molar-refractivity contribution is 5.51. The standard InChI is InChI=1S/C19H21NO4/c1-21-16-4-3-12(8-17(16)22-2)7-15-14-10-19-18(23-11-24-19)9-13(14)5-6-20-15/h3-4,8-10,15,20H,5-7,11H2,1-2H3. The van der Waals surface area contributed by atoms with Gasteiger partial charge in [-0.2, -0.15) is 0 Å². The molecule has 2 aromatic rings. The van der Waals surface area contributed by atoms with Gasteiger partial charge in [-0.15, -0.1) is 0 Å². The smallest absolute Gasteiger partial charge is 0.231 e. The minimum absolute atomic E-state index is 0.251. The third kappa shape index (κ3) is 2.65. The van der Waals surface area contributed by atoms with Gasteiger partial charge in [-0.3, -0.25) is 0 Å². The van der Waals surface area contributed by atoms with Crippen molar-refractivity contribution in [1.82, 2.24) is 5.32 Å². The molecule has 4 rings (SSSR count). The topological polar surface area (TPSA) is 49.0 Å². The Morgan fingerprint density at radius 3 is 2.62 bits per heavy atom. The lowest BCUT2D eigenvalue weighted by atomic mass is 9.90. The van der Waals surface area contributed by atoms with Crippen molar-refractivity contribution >= 4 is 0 Å². The van der Waals surface area contributed by atoms with Gasteiger partial charge in [0.1, 0.15) is 0 Å². The van der Waals surface area contributed by atoms with Gasteiger partial charge < -0.3 is 24.3 Å². The summed E-state index contributed by atoms with van der Waals surface area (Å²) in [6.07, 6.45) is 1.89. The van der Waals surface area contributed by atoms with Crippen LogP contribution in [0.15, 0.2) is 30.3 Å². The molecule has 2 heterocycles. The molecule has 0 saturated heterocycles. The molecule has 2 aliphatic rings. The molecule has 0 aliphatic carbocycles. The van der Waals surface area contributed by atoms with Crippen LogP contribution >= 0.6 is 0 Å². The van der Waals surface area contributed by atoms with E-state index in [1.54, 1.807) is 14.2 Å². The molecule has 0 fully saturated rings. The summed E-state index contributed by atoms with van der Waals surface area (Å²) in [5, 5.41) is 3.61. The summed E-state index contributed by atoms with van der Waals surface area (Å²) >= 11 is 0. The van der Waals surface area contributed by atoms with Gasteiger partial charge in [0.2, 0.25) is 6.79 Å². The number of hydrogen-bond acceptors (Lipinski definition) is 5. The lowest BCUT2D eigenvalue weighted by Gasteiger charge is -2.27. The molecular formula is C19H21NO4. The fraction of sp³-hybridized carbons (Fsp3) is 0.368. The molecule has 0 spiro atoms. The van der Waals surface area contributed by atoms with E-state index in [9.17, 15) is 0 Å². The maximum absolute atomic E-state index is 5.54. The van der Waals surface area contributed by atoms with E-state index in [1.165, 1.54) is 16.7 Å². The number of rotatable bonds is 4. The van der Waals surface area contributed by atoms with Gasteiger partial charge in [-0.25, -0.2) is 0 Å². The van der Waals surface area contributed by atoms with Crippen molar-refractivity contribution < 1.29 is 18.9 Å². The van der Waals surface area contributed by atoms with Crippen LogP contribution in [0.2, 0.25) is 0 Å². The van der Waals surface area contributed by atoms with Crippen LogP contribution in [0, 0.1) is 0 Å². The van der Waals surface area contributed by atoms with Gasteiger partial charge in [0, 0.05) is 6.04 Å². The lowest BCUT2D eigenvalue weighted by Crippen LogP contribution is -2.31. The van der Waals surface area contributed by atoms with E-state index in [4.69, 9.17) is 18.9 Å². The van der Waals surface area contributed by atoms with E-state index in [-0.39, 0.29) is 6.04 Å². The zero-order valence-corrected chi connectivity index (χ0v) is 13.9. The van der Waals surface area contributed by atoms with Crippen LogP contribution in [-0.4, -0.2) is 27.6 Å². The fourth-order valence-electron chi connectivity index (χ4n) is 3.46. The molecule has 5 heteroatoms. The zero-order valence-electron chi connectivity index (χ0n) is 13.9.